The molecule has 0 saturated carbocycles. The molecular weight excluding hydrogens is 294 g/mol. The Labute approximate surface area is 137 Å². The molecule has 0 radical (unpaired) electrons. The molecule has 5 heteroatoms. The van der Waals surface area contributed by atoms with Crippen LogP contribution >= 0.6 is 0 Å². The Morgan fingerprint density at radius 2 is 1.65 bits per heavy atom. The van der Waals surface area contributed by atoms with Gasteiger partial charge in [0.25, 0.3) is 0 Å². The average molecular weight is 319 g/mol. The summed E-state index contributed by atoms with van der Waals surface area (Å²) in [6.45, 7) is 5.60. The van der Waals surface area contributed by atoms with Crippen LogP contribution in [0.5, 0.6) is 0 Å². The van der Waals surface area contributed by atoms with Crippen molar-refractivity contribution >= 4 is 17.7 Å². The van der Waals surface area contributed by atoms with E-state index < -0.39 is 11.5 Å². The fourth-order valence-electron chi connectivity index (χ4n) is 2.22. The number of rotatable bonds is 9. The number of amides is 1. The van der Waals surface area contributed by atoms with E-state index in [0.29, 0.717) is 12.0 Å². The molecule has 1 rings (SSSR count). The number of hydrogen-bond acceptors (Lipinski definition) is 3. The molecular formula is C18H25NO4. The summed E-state index contributed by atoms with van der Waals surface area (Å²) in [7, 11) is 0. The highest BCUT2D eigenvalue weighted by molar-refractivity contribution is 5.98. The molecule has 0 saturated heterocycles. The number of hydrogen-bond donors (Lipinski definition) is 2. The van der Waals surface area contributed by atoms with Crippen LogP contribution in [0.25, 0.3) is 0 Å². The fraction of sp³-hybridized carbons (Fsp3) is 0.500. The summed E-state index contributed by atoms with van der Waals surface area (Å²) in [6, 6.07) is 7.41. The summed E-state index contributed by atoms with van der Waals surface area (Å²) in [5, 5.41) is 11.5. The van der Waals surface area contributed by atoms with Gasteiger partial charge in [-0.3, -0.25) is 14.4 Å². The molecule has 0 spiro atoms. The van der Waals surface area contributed by atoms with Crippen LogP contribution < -0.4 is 5.32 Å². The van der Waals surface area contributed by atoms with Crippen molar-refractivity contribution in [3.8, 4) is 0 Å². The number of nitrogens with one attached hydrogen (secondary N) is 1. The van der Waals surface area contributed by atoms with Gasteiger partial charge in [0.2, 0.25) is 5.91 Å². The number of ketones is 1. The first kappa shape index (κ1) is 18.9. The van der Waals surface area contributed by atoms with Gasteiger partial charge < -0.3 is 10.4 Å². The average Bonchev–Trinajstić information content (AvgIpc) is 2.50. The maximum absolute atomic E-state index is 12.1. The molecule has 0 aromatic heterocycles. The molecule has 0 aliphatic carbocycles. The Morgan fingerprint density at radius 3 is 2.17 bits per heavy atom. The minimum atomic E-state index is -0.891. The minimum Gasteiger partial charge on any atom is -0.481 e. The lowest BCUT2D eigenvalue weighted by Crippen LogP contribution is -2.43. The van der Waals surface area contributed by atoms with Gasteiger partial charge in [0.1, 0.15) is 0 Å². The van der Waals surface area contributed by atoms with Gasteiger partial charge in [0, 0.05) is 30.4 Å². The van der Waals surface area contributed by atoms with Crippen molar-refractivity contribution in [2.75, 3.05) is 0 Å². The molecule has 0 aliphatic rings. The third kappa shape index (κ3) is 7.08. The second kappa shape index (κ2) is 8.46. The third-order valence-electron chi connectivity index (χ3n) is 3.70. The number of benzene rings is 1. The number of aliphatic carboxylic acids is 1. The summed E-state index contributed by atoms with van der Waals surface area (Å²) >= 11 is 0. The Bertz CT molecular complexity index is 561. The van der Waals surface area contributed by atoms with Crippen molar-refractivity contribution in [3.05, 3.63) is 35.4 Å². The second-order valence-electron chi connectivity index (χ2n) is 6.30. The summed E-state index contributed by atoms with van der Waals surface area (Å²) in [5.74, 6) is -1.19. The van der Waals surface area contributed by atoms with E-state index in [2.05, 4.69) is 5.32 Å². The molecule has 0 fully saturated rings. The highest BCUT2D eigenvalue weighted by Crippen LogP contribution is 2.13. The van der Waals surface area contributed by atoms with Gasteiger partial charge in [-0.1, -0.05) is 31.2 Å². The minimum absolute atomic E-state index is 0.00398. The zero-order chi connectivity index (χ0) is 17.5. The van der Waals surface area contributed by atoms with Crippen molar-refractivity contribution in [1.82, 2.24) is 5.32 Å². The molecule has 23 heavy (non-hydrogen) atoms. The third-order valence-corrected chi connectivity index (χ3v) is 3.70. The topological polar surface area (TPSA) is 83.5 Å². The van der Waals surface area contributed by atoms with Gasteiger partial charge in [-0.2, -0.15) is 0 Å². The van der Waals surface area contributed by atoms with E-state index in [1.807, 2.05) is 19.1 Å². The number of aryl methyl sites for hydroxylation is 1. The van der Waals surface area contributed by atoms with Crippen molar-refractivity contribution in [2.24, 2.45) is 0 Å². The first-order chi connectivity index (χ1) is 10.7. The molecule has 5 nitrogen and oxygen atoms in total. The number of carbonyl (C=O) groups excluding carboxylic acids is 2. The van der Waals surface area contributed by atoms with Crippen LogP contribution in [0.15, 0.2) is 24.3 Å². The molecule has 1 amide bonds. The maximum Gasteiger partial charge on any atom is 0.303 e. The van der Waals surface area contributed by atoms with E-state index >= 15 is 0 Å². The predicted molar refractivity (Wildman–Crippen MR) is 88.5 cm³/mol. The number of carboxylic acids is 1. The summed E-state index contributed by atoms with van der Waals surface area (Å²) < 4.78 is 0. The lowest BCUT2D eigenvalue weighted by molar-refractivity contribution is -0.137. The zero-order valence-corrected chi connectivity index (χ0v) is 14.0. The molecule has 0 aliphatic heterocycles. The second-order valence-corrected chi connectivity index (χ2v) is 6.30. The van der Waals surface area contributed by atoms with Gasteiger partial charge in [-0.15, -0.1) is 0 Å². The normalized spacial score (nSPS) is 11.1. The van der Waals surface area contributed by atoms with E-state index in [1.165, 1.54) is 5.56 Å². The highest BCUT2D eigenvalue weighted by Gasteiger charge is 2.21. The van der Waals surface area contributed by atoms with Gasteiger partial charge in [0.15, 0.2) is 5.78 Å². The molecule has 2 N–H and O–H groups in total. The lowest BCUT2D eigenvalue weighted by Gasteiger charge is -2.25. The van der Waals surface area contributed by atoms with E-state index in [0.717, 1.165) is 6.42 Å². The van der Waals surface area contributed by atoms with Crippen molar-refractivity contribution < 1.29 is 19.5 Å². The summed E-state index contributed by atoms with van der Waals surface area (Å²) in [4.78, 5) is 34.6. The van der Waals surface area contributed by atoms with Gasteiger partial charge in [0.05, 0.1) is 0 Å². The molecule has 1 aromatic rings. The first-order valence-corrected chi connectivity index (χ1v) is 7.88. The Morgan fingerprint density at radius 1 is 1.04 bits per heavy atom. The van der Waals surface area contributed by atoms with Gasteiger partial charge >= 0.3 is 5.97 Å². The van der Waals surface area contributed by atoms with Crippen LogP contribution in [0.3, 0.4) is 0 Å². The SMILES string of the molecule is CCc1ccc(C(=O)CCC(=O)NC(C)(C)CCC(=O)O)cc1. The van der Waals surface area contributed by atoms with Crippen LogP contribution in [0, 0.1) is 0 Å². The van der Waals surface area contributed by atoms with Crippen LogP contribution in [0.4, 0.5) is 0 Å². The van der Waals surface area contributed by atoms with Crippen LogP contribution in [0.1, 0.15) is 62.4 Å². The van der Waals surface area contributed by atoms with Gasteiger partial charge in [-0.05, 0) is 32.3 Å². The van der Waals surface area contributed by atoms with Gasteiger partial charge in [-0.25, -0.2) is 0 Å². The molecule has 126 valence electrons. The maximum atomic E-state index is 12.1. The highest BCUT2D eigenvalue weighted by atomic mass is 16.4. The van der Waals surface area contributed by atoms with Crippen LogP contribution in [-0.4, -0.2) is 28.3 Å². The smallest absolute Gasteiger partial charge is 0.303 e. The number of carboxylic acid groups (broad SMARTS) is 1. The first-order valence-electron chi connectivity index (χ1n) is 7.88. The van der Waals surface area contributed by atoms with E-state index in [-0.39, 0.29) is 31.0 Å². The zero-order valence-electron chi connectivity index (χ0n) is 14.0. The number of Topliss-reactive ketones (excluding diaryl/α,β-unsaturated/α-hetero) is 1. The van der Waals surface area contributed by atoms with Crippen LogP contribution in [0.2, 0.25) is 0 Å². The van der Waals surface area contributed by atoms with E-state index in [1.54, 1.807) is 26.0 Å². The fourth-order valence-corrected chi connectivity index (χ4v) is 2.22. The Hall–Kier alpha value is -2.17. The lowest BCUT2D eigenvalue weighted by atomic mass is 9.97. The standard InChI is InChI=1S/C18H25NO4/c1-4-13-5-7-14(8-6-13)15(20)9-10-16(21)19-18(2,3)12-11-17(22)23/h5-8H,4,9-12H2,1-3H3,(H,19,21)(H,22,23). The Balaban J connectivity index is 2.45. The predicted octanol–water partition coefficient (Wildman–Crippen LogP) is 2.97. The van der Waals surface area contributed by atoms with Crippen LogP contribution in [-0.2, 0) is 16.0 Å². The molecule has 0 unspecified atom stereocenters. The number of carbonyl (C=O) groups is 3. The van der Waals surface area contributed by atoms with Crippen molar-refractivity contribution in [1.29, 1.82) is 0 Å². The molecule has 0 atom stereocenters. The van der Waals surface area contributed by atoms with Crippen molar-refractivity contribution in [3.63, 3.8) is 0 Å². The van der Waals surface area contributed by atoms with E-state index in [9.17, 15) is 14.4 Å². The quantitative estimate of drug-likeness (QED) is 0.685. The Kier molecular flexibility index (Phi) is 6.94. The van der Waals surface area contributed by atoms with E-state index in [4.69, 9.17) is 5.11 Å². The monoisotopic (exact) mass is 319 g/mol. The summed E-state index contributed by atoms with van der Waals surface area (Å²) in [6.07, 6.45) is 1.51. The molecule has 1 aromatic carbocycles. The molecule has 0 heterocycles. The summed E-state index contributed by atoms with van der Waals surface area (Å²) in [5.41, 5.74) is 1.18. The molecule has 0 bridgehead atoms. The largest absolute Gasteiger partial charge is 0.481 e. The van der Waals surface area contributed by atoms with Crippen molar-refractivity contribution in [2.45, 2.75) is 58.4 Å².